The highest BCUT2D eigenvalue weighted by Gasteiger charge is 2.07. The van der Waals surface area contributed by atoms with E-state index in [4.69, 9.17) is 16.7 Å². The third kappa shape index (κ3) is 4.61. The quantitative estimate of drug-likeness (QED) is 0.855. The highest BCUT2D eigenvalue weighted by Crippen LogP contribution is 2.16. The average molecular weight is 320 g/mol. The molecule has 0 fully saturated rings. The number of hydrogen-bond donors (Lipinski definition) is 2. The Morgan fingerprint density at radius 3 is 2.90 bits per heavy atom. The third-order valence-corrected chi connectivity index (χ3v) is 3.85. The Bertz CT molecular complexity index is 692. The number of thiophene rings is 1. The van der Waals surface area contributed by atoms with Gasteiger partial charge < -0.3 is 10.4 Å². The standard InChI is InChI=1S/C16H14ClNO2S/c1-11-5-13(8-14(17)6-11)16(20)18-9-15-7-12(10-21-15)3-2-4-19/h5-8,10,19H,4,9H2,1H3,(H,18,20). The molecule has 0 aliphatic rings. The molecular formula is C16H14ClNO2S. The van der Waals surface area contributed by atoms with Gasteiger partial charge in [-0.2, -0.15) is 0 Å². The maximum atomic E-state index is 12.1. The normalized spacial score (nSPS) is 9.86. The van der Waals surface area contributed by atoms with E-state index in [9.17, 15) is 4.79 Å². The number of aliphatic hydroxyl groups excluding tert-OH is 1. The maximum Gasteiger partial charge on any atom is 0.251 e. The molecule has 3 nitrogen and oxygen atoms in total. The predicted octanol–water partition coefficient (Wildman–Crippen LogP) is 2.98. The van der Waals surface area contributed by atoms with E-state index in [0.29, 0.717) is 17.1 Å². The summed E-state index contributed by atoms with van der Waals surface area (Å²) in [5.74, 6) is 5.26. The predicted molar refractivity (Wildman–Crippen MR) is 85.6 cm³/mol. The van der Waals surface area contributed by atoms with E-state index in [1.165, 1.54) is 11.3 Å². The number of aryl methyl sites for hydroxylation is 1. The second kappa shape index (κ2) is 7.28. The maximum absolute atomic E-state index is 12.1. The van der Waals surface area contributed by atoms with Crippen LogP contribution in [0, 0.1) is 18.8 Å². The van der Waals surface area contributed by atoms with E-state index in [1.54, 1.807) is 12.1 Å². The van der Waals surface area contributed by atoms with Gasteiger partial charge in [-0.05, 0) is 36.8 Å². The second-order valence-electron chi connectivity index (χ2n) is 4.46. The fraction of sp³-hybridized carbons (Fsp3) is 0.188. The molecule has 0 atom stereocenters. The average Bonchev–Trinajstić information content (AvgIpc) is 2.89. The molecule has 0 aliphatic heterocycles. The van der Waals surface area contributed by atoms with Gasteiger partial charge in [0.2, 0.25) is 0 Å². The molecule has 5 heteroatoms. The van der Waals surface area contributed by atoms with E-state index in [1.807, 2.05) is 24.4 Å². The van der Waals surface area contributed by atoms with Crippen molar-refractivity contribution in [1.82, 2.24) is 5.32 Å². The van der Waals surface area contributed by atoms with Crippen LogP contribution in [0.1, 0.15) is 26.4 Å². The van der Waals surface area contributed by atoms with Crippen LogP contribution in [0.4, 0.5) is 0 Å². The molecular weight excluding hydrogens is 306 g/mol. The van der Waals surface area contributed by atoms with Crippen LogP contribution in [0.25, 0.3) is 0 Å². The largest absolute Gasteiger partial charge is 0.384 e. The van der Waals surface area contributed by atoms with Gasteiger partial charge >= 0.3 is 0 Å². The van der Waals surface area contributed by atoms with Crippen LogP contribution in [-0.4, -0.2) is 17.6 Å². The highest BCUT2D eigenvalue weighted by molar-refractivity contribution is 7.10. The van der Waals surface area contributed by atoms with Crippen LogP contribution in [0.2, 0.25) is 5.02 Å². The molecule has 1 aromatic heterocycles. The molecule has 0 radical (unpaired) electrons. The fourth-order valence-electron chi connectivity index (χ4n) is 1.82. The number of halogens is 1. The molecule has 0 saturated carbocycles. The number of aliphatic hydroxyl groups is 1. The van der Waals surface area contributed by atoms with Crippen LogP contribution in [0.5, 0.6) is 0 Å². The molecule has 0 saturated heterocycles. The molecule has 21 heavy (non-hydrogen) atoms. The van der Waals surface area contributed by atoms with Crippen molar-refractivity contribution in [1.29, 1.82) is 0 Å². The summed E-state index contributed by atoms with van der Waals surface area (Å²) in [6.07, 6.45) is 0. The summed E-state index contributed by atoms with van der Waals surface area (Å²) in [7, 11) is 0. The molecule has 2 rings (SSSR count). The Kier molecular flexibility index (Phi) is 5.40. The van der Waals surface area contributed by atoms with Crippen LogP contribution in [-0.2, 0) is 6.54 Å². The molecule has 0 aliphatic carbocycles. The van der Waals surface area contributed by atoms with Crippen molar-refractivity contribution < 1.29 is 9.90 Å². The van der Waals surface area contributed by atoms with Crippen molar-refractivity contribution >= 4 is 28.8 Å². The fourth-order valence-corrected chi connectivity index (χ4v) is 2.86. The molecule has 0 unspecified atom stereocenters. The lowest BCUT2D eigenvalue weighted by molar-refractivity contribution is 0.0951. The summed E-state index contributed by atoms with van der Waals surface area (Å²) in [6, 6.07) is 7.16. The SMILES string of the molecule is Cc1cc(Cl)cc(C(=O)NCc2cc(C#CCO)cs2)c1. The molecule has 2 N–H and O–H groups in total. The zero-order valence-corrected chi connectivity index (χ0v) is 13.0. The van der Waals surface area contributed by atoms with Gasteiger partial charge in [-0.1, -0.05) is 23.4 Å². The zero-order chi connectivity index (χ0) is 15.2. The molecule has 1 amide bonds. The Morgan fingerprint density at radius 2 is 2.19 bits per heavy atom. The first-order chi connectivity index (χ1) is 10.1. The van der Waals surface area contributed by atoms with Crippen molar-refractivity contribution in [2.24, 2.45) is 0 Å². The van der Waals surface area contributed by atoms with E-state index in [0.717, 1.165) is 16.0 Å². The van der Waals surface area contributed by atoms with Crippen LogP contribution in [0.15, 0.2) is 29.6 Å². The van der Waals surface area contributed by atoms with Gasteiger partial charge in [-0.15, -0.1) is 11.3 Å². The number of amides is 1. The molecule has 2 aromatic rings. The Balaban J connectivity index is 1.99. The second-order valence-corrected chi connectivity index (χ2v) is 5.89. The van der Waals surface area contributed by atoms with Crippen LogP contribution in [0.3, 0.4) is 0 Å². The van der Waals surface area contributed by atoms with Gasteiger partial charge in [-0.25, -0.2) is 0 Å². The Hall–Kier alpha value is -1.80. The first-order valence-electron chi connectivity index (χ1n) is 6.31. The molecule has 0 spiro atoms. The monoisotopic (exact) mass is 319 g/mol. The van der Waals surface area contributed by atoms with Crippen LogP contribution < -0.4 is 5.32 Å². The van der Waals surface area contributed by atoms with Crippen LogP contribution >= 0.6 is 22.9 Å². The topological polar surface area (TPSA) is 49.3 Å². The van der Waals surface area contributed by atoms with Crippen molar-refractivity contribution in [3.05, 3.63) is 56.2 Å². The lowest BCUT2D eigenvalue weighted by Crippen LogP contribution is -2.22. The van der Waals surface area contributed by atoms with Gasteiger partial charge in [0.25, 0.3) is 5.91 Å². The van der Waals surface area contributed by atoms with Crippen molar-refractivity contribution in [2.75, 3.05) is 6.61 Å². The first kappa shape index (κ1) is 15.6. The summed E-state index contributed by atoms with van der Waals surface area (Å²) >= 11 is 7.47. The lowest BCUT2D eigenvalue weighted by Gasteiger charge is -2.05. The number of carbonyl (C=O) groups is 1. The number of carbonyl (C=O) groups excluding carboxylic acids is 1. The van der Waals surface area contributed by atoms with Crippen molar-refractivity contribution in [3.63, 3.8) is 0 Å². The van der Waals surface area contributed by atoms with E-state index in [2.05, 4.69) is 17.2 Å². The summed E-state index contributed by atoms with van der Waals surface area (Å²) in [5.41, 5.74) is 2.35. The number of hydrogen-bond acceptors (Lipinski definition) is 3. The number of benzene rings is 1. The van der Waals surface area contributed by atoms with Gasteiger partial charge in [0.15, 0.2) is 0 Å². The third-order valence-electron chi connectivity index (χ3n) is 2.69. The van der Waals surface area contributed by atoms with Crippen molar-refractivity contribution in [2.45, 2.75) is 13.5 Å². The van der Waals surface area contributed by atoms with Gasteiger partial charge in [0.05, 0.1) is 6.54 Å². The minimum atomic E-state index is -0.157. The summed E-state index contributed by atoms with van der Waals surface area (Å²) in [4.78, 5) is 13.1. The first-order valence-corrected chi connectivity index (χ1v) is 7.57. The number of nitrogens with one attached hydrogen (secondary N) is 1. The summed E-state index contributed by atoms with van der Waals surface area (Å²) < 4.78 is 0. The molecule has 1 heterocycles. The minimum Gasteiger partial charge on any atom is -0.384 e. The molecule has 108 valence electrons. The van der Waals surface area contributed by atoms with Gasteiger partial charge in [0, 0.05) is 26.4 Å². The van der Waals surface area contributed by atoms with Gasteiger partial charge in [0.1, 0.15) is 6.61 Å². The number of rotatable bonds is 3. The summed E-state index contributed by atoms with van der Waals surface area (Å²) in [5, 5.41) is 13.9. The van der Waals surface area contributed by atoms with E-state index < -0.39 is 0 Å². The van der Waals surface area contributed by atoms with Crippen molar-refractivity contribution in [3.8, 4) is 11.8 Å². The molecule has 1 aromatic carbocycles. The highest BCUT2D eigenvalue weighted by atomic mass is 35.5. The Morgan fingerprint density at radius 1 is 1.38 bits per heavy atom. The minimum absolute atomic E-state index is 0.156. The zero-order valence-electron chi connectivity index (χ0n) is 11.4. The Labute approximate surface area is 132 Å². The molecule has 0 bridgehead atoms. The lowest BCUT2D eigenvalue weighted by atomic mass is 10.1. The van der Waals surface area contributed by atoms with Gasteiger partial charge in [-0.3, -0.25) is 4.79 Å². The smallest absolute Gasteiger partial charge is 0.251 e. The summed E-state index contributed by atoms with van der Waals surface area (Å²) in [6.45, 7) is 2.18. The van der Waals surface area contributed by atoms with E-state index in [-0.39, 0.29) is 12.5 Å². The van der Waals surface area contributed by atoms with E-state index >= 15 is 0 Å².